The largest absolute Gasteiger partial charge is 0.491 e. The van der Waals surface area contributed by atoms with Gasteiger partial charge in [-0.15, -0.1) is 0 Å². The van der Waals surface area contributed by atoms with Gasteiger partial charge >= 0.3 is 0 Å². The van der Waals surface area contributed by atoms with Crippen molar-refractivity contribution in [2.45, 2.75) is 19.4 Å². The predicted molar refractivity (Wildman–Crippen MR) is 70.0 cm³/mol. The molecule has 0 aliphatic rings. The summed E-state index contributed by atoms with van der Waals surface area (Å²) in [6.07, 6.45) is 0. The van der Waals surface area contributed by atoms with E-state index < -0.39 is 16.4 Å². The van der Waals surface area contributed by atoms with E-state index in [1.54, 1.807) is 33.0 Å². The molecule has 1 aromatic rings. The Labute approximate surface area is 110 Å². The molecule has 0 aliphatic heterocycles. The van der Waals surface area contributed by atoms with Gasteiger partial charge in [-0.25, -0.2) is 0 Å². The summed E-state index contributed by atoms with van der Waals surface area (Å²) < 4.78 is 5.40. The minimum atomic E-state index is -1.03. The van der Waals surface area contributed by atoms with Gasteiger partial charge in [-0.05, 0) is 33.0 Å². The number of primary amides is 1. The average Bonchev–Trinajstić information content (AvgIpc) is 2.36. The number of hydrogen-bond donors (Lipinski definition) is 2. The van der Waals surface area contributed by atoms with Gasteiger partial charge in [0.2, 0.25) is 5.91 Å². The van der Waals surface area contributed by atoms with Gasteiger partial charge < -0.3 is 15.8 Å². The summed E-state index contributed by atoms with van der Waals surface area (Å²) >= 11 is 0. The Balaban J connectivity index is 2.87. The van der Waals surface area contributed by atoms with Gasteiger partial charge in [-0.3, -0.25) is 14.9 Å². The molecule has 0 fully saturated rings. The number of ether oxygens (including phenoxy) is 1. The fourth-order valence-corrected chi connectivity index (χ4v) is 1.37. The smallest absolute Gasteiger partial charge is 0.276 e. The number of carbonyl (C=O) groups excluding carboxylic acids is 1. The molecule has 0 aliphatic carbocycles. The van der Waals surface area contributed by atoms with Crippen LogP contribution in [0.3, 0.4) is 0 Å². The van der Waals surface area contributed by atoms with Gasteiger partial charge in [0.25, 0.3) is 5.69 Å². The van der Waals surface area contributed by atoms with Gasteiger partial charge in [0.05, 0.1) is 11.0 Å². The van der Waals surface area contributed by atoms with E-state index in [1.165, 1.54) is 6.07 Å². The second-order valence-electron chi connectivity index (χ2n) is 4.44. The first-order chi connectivity index (χ1) is 8.80. The summed E-state index contributed by atoms with van der Waals surface area (Å²) in [6, 6.07) is 4.53. The van der Waals surface area contributed by atoms with Crippen molar-refractivity contribution in [3.63, 3.8) is 0 Å². The summed E-state index contributed by atoms with van der Waals surface area (Å²) in [7, 11) is 1.59. The van der Waals surface area contributed by atoms with Crippen molar-refractivity contribution in [3.05, 3.63) is 33.9 Å². The molecule has 1 amide bonds. The van der Waals surface area contributed by atoms with Crippen LogP contribution in [-0.4, -0.2) is 30.0 Å². The number of nitro groups is 1. The zero-order valence-electron chi connectivity index (χ0n) is 11.1. The molecule has 7 nitrogen and oxygen atoms in total. The van der Waals surface area contributed by atoms with Crippen LogP contribution in [-0.2, 0) is 4.79 Å². The minimum absolute atomic E-state index is 0.0148. The molecule has 0 aromatic heterocycles. The van der Waals surface area contributed by atoms with Crippen molar-refractivity contribution in [1.29, 1.82) is 0 Å². The van der Waals surface area contributed by atoms with Crippen molar-refractivity contribution in [2.24, 2.45) is 5.73 Å². The average molecular weight is 267 g/mol. The lowest BCUT2D eigenvalue weighted by Crippen LogP contribution is -2.55. The van der Waals surface area contributed by atoms with E-state index in [9.17, 15) is 14.9 Å². The number of nitro benzene ring substituents is 1. The van der Waals surface area contributed by atoms with Gasteiger partial charge in [-0.2, -0.15) is 0 Å². The summed E-state index contributed by atoms with van der Waals surface area (Å²) in [5.41, 5.74) is 4.75. The number of hydrogen-bond acceptors (Lipinski definition) is 5. The highest BCUT2D eigenvalue weighted by atomic mass is 16.6. The third-order valence-corrected chi connectivity index (χ3v) is 3.00. The maximum Gasteiger partial charge on any atom is 0.276 e. The van der Waals surface area contributed by atoms with Gasteiger partial charge in [0.15, 0.2) is 0 Å². The molecule has 104 valence electrons. The van der Waals surface area contributed by atoms with Crippen LogP contribution in [0, 0.1) is 17.0 Å². The Morgan fingerprint density at radius 2 is 2.21 bits per heavy atom. The van der Waals surface area contributed by atoms with Crippen LogP contribution in [0.4, 0.5) is 5.69 Å². The fourth-order valence-electron chi connectivity index (χ4n) is 1.37. The quantitative estimate of drug-likeness (QED) is 0.584. The third kappa shape index (κ3) is 3.41. The summed E-state index contributed by atoms with van der Waals surface area (Å²) in [5, 5.41) is 13.6. The summed E-state index contributed by atoms with van der Waals surface area (Å²) in [6.45, 7) is 3.22. The van der Waals surface area contributed by atoms with E-state index in [2.05, 4.69) is 5.32 Å². The molecule has 0 saturated carbocycles. The van der Waals surface area contributed by atoms with Crippen LogP contribution in [0.5, 0.6) is 5.75 Å². The second kappa shape index (κ2) is 5.66. The molecule has 0 saturated heterocycles. The predicted octanol–water partition coefficient (Wildman–Crippen LogP) is 0.745. The molecule has 7 heteroatoms. The van der Waals surface area contributed by atoms with E-state index >= 15 is 0 Å². The third-order valence-electron chi connectivity index (χ3n) is 3.00. The van der Waals surface area contributed by atoms with Crippen LogP contribution in [0.15, 0.2) is 18.2 Å². The lowest BCUT2D eigenvalue weighted by atomic mass is 10.0. The van der Waals surface area contributed by atoms with Crippen LogP contribution >= 0.6 is 0 Å². The molecule has 0 bridgehead atoms. The summed E-state index contributed by atoms with van der Waals surface area (Å²) in [4.78, 5) is 21.6. The first-order valence-corrected chi connectivity index (χ1v) is 5.67. The number of benzene rings is 1. The molecule has 19 heavy (non-hydrogen) atoms. The van der Waals surface area contributed by atoms with Crippen LogP contribution in [0.2, 0.25) is 0 Å². The fraction of sp³-hybridized carbons (Fsp3) is 0.417. The van der Waals surface area contributed by atoms with E-state index in [0.717, 1.165) is 0 Å². The standard InChI is InChI=1S/C12H17N3O4/c1-8-4-5-9(6-10(8)15(17)18)19-7-12(2,14-3)11(13)16/h4-6,14H,7H2,1-3H3,(H2,13,16). The van der Waals surface area contributed by atoms with Crippen LogP contribution in [0.1, 0.15) is 12.5 Å². The molecule has 0 spiro atoms. The number of nitrogens with two attached hydrogens (primary N) is 1. The zero-order chi connectivity index (χ0) is 14.6. The Bertz CT molecular complexity index is 504. The van der Waals surface area contributed by atoms with Crippen molar-refractivity contribution >= 4 is 11.6 Å². The molecular weight excluding hydrogens is 250 g/mol. The maximum absolute atomic E-state index is 11.3. The zero-order valence-corrected chi connectivity index (χ0v) is 11.1. The molecule has 0 heterocycles. The van der Waals surface area contributed by atoms with Crippen LogP contribution in [0.25, 0.3) is 0 Å². The number of amides is 1. The number of nitrogens with zero attached hydrogens (tertiary/aromatic N) is 1. The first kappa shape index (κ1) is 14.9. The SMILES string of the molecule is CNC(C)(COc1ccc(C)c([N+](=O)[O-])c1)C(N)=O. The Morgan fingerprint density at radius 1 is 1.58 bits per heavy atom. The number of carbonyl (C=O) groups is 1. The number of likely N-dealkylation sites (N-methyl/N-ethyl adjacent to an activating group) is 1. The topological polar surface area (TPSA) is 107 Å². The molecule has 3 N–H and O–H groups in total. The Hall–Kier alpha value is -2.15. The number of nitrogens with one attached hydrogen (secondary N) is 1. The highest BCUT2D eigenvalue weighted by molar-refractivity contribution is 5.84. The monoisotopic (exact) mass is 267 g/mol. The van der Waals surface area contributed by atoms with E-state index in [4.69, 9.17) is 10.5 Å². The number of rotatable bonds is 6. The van der Waals surface area contributed by atoms with E-state index in [1.807, 2.05) is 0 Å². The Morgan fingerprint density at radius 3 is 2.68 bits per heavy atom. The van der Waals surface area contributed by atoms with Gasteiger partial charge in [0.1, 0.15) is 17.9 Å². The Kier molecular flexibility index (Phi) is 4.44. The van der Waals surface area contributed by atoms with E-state index in [0.29, 0.717) is 11.3 Å². The van der Waals surface area contributed by atoms with Crippen molar-refractivity contribution < 1.29 is 14.5 Å². The maximum atomic E-state index is 11.3. The molecule has 1 unspecified atom stereocenters. The molecule has 1 aromatic carbocycles. The molecular formula is C12H17N3O4. The first-order valence-electron chi connectivity index (χ1n) is 5.67. The van der Waals surface area contributed by atoms with Crippen molar-refractivity contribution in [3.8, 4) is 5.75 Å². The van der Waals surface area contributed by atoms with Gasteiger partial charge in [-0.1, -0.05) is 0 Å². The molecule has 0 radical (unpaired) electrons. The lowest BCUT2D eigenvalue weighted by molar-refractivity contribution is -0.385. The summed E-state index contributed by atoms with van der Waals surface area (Å²) in [5.74, 6) is -0.239. The molecule has 1 rings (SSSR count). The van der Waals surface area contributed by atoms with Crippen molar-refractivity contribution in [2.75, 3.05) is 13.7 Å². The van der Waals surface area contributed by atoms with Crippen LogP contribution < -0.4 is 15.8 Å². The van der Waals surface area contributed by atoms with E-state index in [-0.39, 0.29) is 12.3 Å². The lowest BCUT2D eigenvalue weighted by Gasteiger charge is -2.25. The molecule has 1 atom stereocenters. The highest BCUT2D eigenvalue weighted by Gasteiger charge is 2.30. The number of aryl methyl sites for hydroxylation is 1. The highest BCUT2D eigenvalue weighted by Crippen LogP contribution is 2.24. The van der Waals surface area contributed by atoms with Gasteiger partial charge in [0, 0.05) is 5.56 Å². The van der Waals surface area contributed by atoms with Crippen molar-refractivity contribution in [1.82, 2.24) is 5.32 Å². The minimum Gasteiger partial charge on any atom is -0.491 e. The normalized spacial score (nSPS) is 13.6. The second-order valence-corrected chi connectivity index (χ2v) is 4.44.